The molecular weight excluding hydrogens is 334 g/mol. The first-order valence-corrected chi connectivity index (χ1v) is 9.12. The van der Waals surface area contributed by atoms with Gasteiger partial charge in [0, 0.05) is 37.0 Å². The number of hydrogen-bond donors (Lipinski definition) is 2. The van der Waals surface area contributed by atoms with Crippen LogP contribution in [0, 0.1) is 5.92 Å². The van der Waals surface area contributed by atoms with Crippen LogP contribution in [0.2, 0.25) is 0 Å². The Bertz CT molecular complexity index is 668. The van der Waals surface area contributed by atoms with Crippen molar-refractivity contribution >= 4 is 17.7 Å². The quantitative estimate of drug-likeness (QED) is 0.760. The Balaban J connectivity index is 1.46. The summed E-state index contributed by atoms with van der Waals surface area (Å²) in [5.41, 5.74) is 5.53. The van der Waals surface area contributed by atoms with Crippen molar-refractivity contribution < 1.29 is 19.1 Å². The summed E-state index contributed by atoms with van der Waals surface area (Å²) in [5, 5.41) is 2.91. The van der Waals surface area contributed by atoms with Gasteiger partial charge in [-0.15, -0.1) is 0 Å². The molecule has 1 heterocycles. The third-order valence-corrected chi connectivity index (χ3v) is 5.05. The average molecular weight is 359 g/mol. The zero-order valence-corrected chi connectivity index (χ0v) is 14.8. The van der Waals surface area contributed by atoms with Gasteiger partial charge < -0.3 is 20.7 Å². The van der Waals surface area contributed by atoms with E-state index in [1.165, 1.54) is 12.8 Å². The minimum Gasteiger partial charge on any atom is -0.484 e. The smallest absolute Gasteiger partial charge is 0.255 e. The first kappa shape index (κ1) is 18.2. The molecule has 1 aliphatic carbocycles. The minimum atomic E-state index is -0.551. The molecule has 0 spiro atoms. The maximum Gasteiger partial charge on any atom is 0.255 e. The van der Waals surface area contributed by atoms with Crippen LogP contribution in [0.1, 0.15) is 42.5 Å². The molecule has 7 heteroatoms. The molecule has 1 saturated heterocycles. The van der Waals surface area contributed by atoms with Gasteiger partial charge in [0.05, 0.1) is 0 Å². The van der Waals surface area contributed by atoms with Gasteiger partial charge in [-0.2, -0.15) is 0 Å². The second-order valence-electron chi connectivity index (χ2n) is 7.04. The predicted molar refractivity (Wildman–Crippen MR) is 95.5 cm³/mol. The van der Waals surface area contributed by atoms with Crippen LogP contribution in [-0.2, 0) is 9.59 Å². The third kappa shape index (κ3) is 4.53. The Labute approximate surface area is 152 Å². The summed E-state index contributed by atoms with van der Waals surface area (Å²) in [6.45, 7) is 1.04. The highest BCUT2D eigenvalue weighted by Gasteiger charge is 2.35. The van der Waals surface area contributed by atoms with Gasteiger partial charge in [-0.25, -0.2) is 0 Å². The normalized spacial score (nSPS) is 20.4. The molecular formula is C19H25N3O4. The molecule has 3 amide bonds. The Morgan fingerprint density at radius 3 is 2.54 bits per heavy atom. The lowest BCUT2D eigenvalue weighted by atomic mass is 10.1. The van der Waals surface area contributed by atoms with Gasteiger partial charge in [0.1, 0.15) is 5.75 Å². The summed E-state index contributed by atoms with van der Waals surface area (Å²) in [6.07, 6.45) is 5.13. The second-order valence-corrected chi connectivity index (χ2v) is 7.04. The van der Waals surface area contributed by atoms with E-state index < -0.39 is 5.91 Å². The van der Waals surface area contributed by atoms with Crippen LogP contribution in [-0.4, -0.2) is 48.4 Å². The minimum absolute atomic E-state index is 0.172. The SMILES string of the molecule is NC(=O)COc1ccc(C(=O)NC[C@H]2CC(=O)N(C3CCCC3)C2)cc1. The van der Waals surface area contributed by atoms with Gasteiger partial charge in [0.15, 0.2) is 6.61 Å². The highest BCUT2D eigenvalue weighted by atomic mass is 16.5. The molecule has 0 radical (unpaired) electrons. The largest absolute Gasteiger partial charge is 0.484 e. The monoisotopic (exact) mass is 359 g/mol. The topological polar surface area (TPSA) is 102 Å². The number of primary amides is 1. The zero-order valence-electron chi connectivity index (χ0n) is 14.8. The standard InChI is InChI=1S/C19H25N3O4/c20-17(23)12-26-16-7-5-14(6-8-16)19(25)21-10-13-9-18(24)22(11-13)15-3-1-2-4-15/h5-8,13,15H,1-4,9-12H2,(H2,20,23)(H,21,25)/t13-/m1/s1. The van der Waals surface area contributed by atoms with Crippen LogP contribution in [0.3, 0.4) is 0 Å². The van der Waals surface area contributed by atoms with Gasteiger partial charge in [0.2, 0.25) is 5.91 Å². The molecule has 1 aromatic rings. The molecule has 0 bridgehead atoms. The Hall–Kier alpha value is -2.57. The van der Waals surface area contributed by atoms with E-state index in [1.54, 1.807) is 24.3 Å². The maximum absolute atomic E-state index is 12.3. The molecule has 26 heavy (non-hydrogen) atoms. The lowest BCUT2D eigenvalue weighted by Crippen LogP contribution is -2.36. The molecule has 3 N–H and O–H groups in total. The molecule has 140 valence electrons. The summed E-state index contributed by atoms with van der Waals surface area (Å²) < 4.78 is 5.17. The first-order valence-electron chi connectivity index (χ1n) is 9.12. The van der Waals surface area contributed by atoms with Crippen LogP contribution in [0.5, 0.6) is 5.75 Å². The number of ether oxygens (including phenoxy) is 1. The Kier molecular flexibility index (Phi) is 5.75. The van der Waals surface area contributed by atoms with Crippen molar-refractivity contribution in [2.45, 2.75) is 38.1 Å². The Morgan fingerprint density at radius 1 is 1.19 bits per heavy atom. The molecule has 1 saturated carbocycles. The van der Waals surface area contributed by atoms with E-state index in [0.717, 1.165) is 19.4 Å². The summed E-state index contributed by atoms with van der Waals surface area (Å²) in [6, 6.07) is 6.92. The van der Waals surface area contributed by atoms with Crippen molar-refractivity contribution in [2.75, 3.05) is 19.7 Å². The van der Waals surface area contributed by atoms with Crippen LogP contribution < -0.4 is 15.8 Å². The number of nitrogens with one attached hydrogen (secondary N) is 1. The predicted octanol–water partition coefficient (Wildman–Crippen LogP) is 1.07. The van der Waals surface area contributed by atoms with Gasteiger partial charge >= 0.3 is 0 Å². The number of hydrogen-bond acceptors (Lipinski definition) is 4. The number of nitrogens with zero attached hydrogens (tertiary/aromatic N) is 1. The molecule has 7 nitrogen and oxygen atoms in total. The second kappa shape index (κ2) is 8.21. The van der Waals surface area contributed by atoms with Crippen molar-refractivity contribution in [1.29, 1.82) is 0 Å². The van der Waals surface area contributed by atoms with Gasteiger partial charge in [-0.05, 0) is 37.1 Å². The molecule has 1 aliphatic heterocycles. The average Bonchev–Trinajstić information content (AvgIpc) is 3.27. The molecule has 2 fully saturated rings. The molecule has 0 unspecified atom stereocenters. The maximum atomic E-state index is 12.3. The van der Waals surface area contributed by atoms with Crippen molar-refractivity contribution in [3.05, 3.63) is 29.8 Å². The number of carbonyl (C=O) groups is 3. The van der Waals surface area contributed by atoms with E-state index in [1.807, 2.05) is 4.90 Å². The fourth-order valence-corrected chi connectivity index (χ4v) is 3.71. The fraction of sp³-hybridized carbons (Fsp3) is 0.526. The third-order valence-electron chi connectivity index (χ3n) is 5.05. The van der Waals surface area contributed by atoms with E-state index in [2.05, 4.69) is 5.32 Å². The summed E-state index contributed by atoms with van der Waals surface area (Å²) in [5.74, 6) is 0.133. The van der Waals surface area contributed by atoms with E-state index in [0.29, 0.717) is 30.3 Å². The molecule has 2 aliphatic rings. The van der Waals surface area contributed by atoms with Crippen LogP contribution in [0.4, 0.5) is 0 Å². The number of benzene rings is 1. The lowest BCUT2D eigenvalue weighted by Gasteiger charge is -2.24. The van der Waals surface area contributed by atoms with Crippen molar-refractivity contribution in [2.24, 2.45) is 11.7 Å². The number of amides is 3. The summed E-state index contributed by atoms with van der Waals surface area (Å²) >= 11 is 0. The molecule has 1 aromatic carbocycles. The highest BCUT2D eigenvalue weighted by molar-refractivity contribution is 5.94. The molecule has 1 atom stereocenters. The fourth-order valence-electron chi connectivity index (χ4n) is 3.71. The molecule has 0 aromatic heterocycles. The van der Waals surface area contributed by atoms with E-state index in [-0.39, 0.29) is 24.3 Å². The van der Waals surface area contributed by atoms with Crippen LogP contribution >= 0.6 is 0 Å². The number of nitrogens with two attached hydrogens (primary N) is 1. The zero-order chi connectivity index (χ0) is 18.5. The van der Waals surface area contributed by atoms with Gasteiger partial charge in [-0.3, -0.25) is 14.4 Å². The summed E-state index contributed by atoms with van der Waals surface area (Å²) in [4.78, 5) is 37.2. The van der Waals surface area contributed by atoms with Crippen molar-refractivity contribution in [3.63, 3.8) is 0 Å². The van der Waals surface area contributed by atoms with E-state index in [4.69, 9.17) is 10.5 Å². The van der Waals surface area contributed by atoms with Crippen molar-refractivity contribution in [3.8, 4) is 5.75 Å². The lowest BCUT2D eigenvalue weighted by molar-refractivity contribution is -0.129. The van der Waals surface area contributed by atoms with Gasteiger partial charge in [-0.1, -0.05) is 12.8 Å². The van der Waals surface area contributed by atoms with E-state index >= 15 is 0 Å². The number of likely N-dealkylation sites (tertiary alicyclic amines) is 1. The molecule has 3 rings (SSSR count). The van der Waals surface area contributed by atoms with Crippen LogP contribution in [0.15, 0.2) is 24.3 Å². The first-order chi connectivity index (χ1) is 12.5. The highest BCUT2D eigenvalue weighted by Crippen LogP contribution is 2.29. The van der Waals surface area contributed by atoms with Gasteiger partial charge in [0.25, 0.3) is 11.8 Å². The summed E-state index contributed by atoms with van der Waals surface area (Å²) in [7, 11) is 0. The number of rotatable bonds is 7. The van der Waals surface area contributed by atoms with Crippen LogP contribution in [0.25, 0.3) is 0 Å². The Morgan fingerprint density at radius 2 is 1.88 bits per heavy atom. The van der Waals surface area contributed by atoms with E-state index in [9.17, 15) is 14.4 Å². The van der Waals surface area contributed by atoms with Crippen molar-refractivity contribution in [1.82, 2.24) is 10.2 Å². The number of carbonyl (C=O) groups excluding carboxylic acids is 3.